The molecule has 0 atom stereocenters. The molecule has 0 aliphatic heterocycles. The molecule has 0 unspecified atom stereocenters. The van der Waals surface area contributed by atoms with Crippen LogP contribution < -0.4 is 4.74 Å². The van der Waals surface area contributed by atoms with Gasteiger partial charge in [0.15, 0.2) is 0 Å². The molecular weight excluding hydrogens is 240 g/mol. The first-order valence-electron chi connectivity index (χ1n) is 5.95. The molecule has 0 amide bonds. The molecule has 0 radical (unpaired) electrons. The summed E-state index contributed by atoms with van der Waals surface area (Å²) in [5.41, 5.74) is 1.01. The maximum Gasteiger partial charge on any atom is 0.327 e. The van der Waals surface area contributed by atoms with Crippen LogP contribution in [-0.2, 0) is 11.2 Å². The van der Waals surface area contributed by atoms with Crippen molar-refractivity contribution in [1.29, 1.82) is 0 Å². The molecule has 0 saturated carbocycles. The summed E-state index contributed by atoms with van der Waals surface area (Å²) in [5, 5.41) is 8.53. The van der Waals surface area contributed by atoms with Crippen LogP contribution in [0.15, 0.2) is 66.7 Å². The van der Waals surface area contributed by atoms with Crippen LogP contribution in [0.3, 0.4) is 0 Å². The van der Waals surface area contributed by atoms with E-state index < -0.39 is 5.97 Å². The largest absolute Gasteiger partial charge is 0.478 e. The number of hydrogen-bond donors (Lipinski definition) is 1. The Morgan fingerprint density at radius 2 is 1.79 bits per heavy atom. The van der Waals surface area contributed by atoms with E-state index in [1.54, 1.807) is 6.08 Å². The normalized spacial score (nSPS) is 10.5. The van der Waals surface area contributed by atoms with Crippen molar-refractivity contribution in [2.24, 2.45) is 0 Å². The first-order chi connectivity index (χ1) is 9.24. The van der Waals surface area contributed by atoms with Crippen LogP contribution in [0.4, 0.5) is 0 Å². The molecule has 0 aliphatic carbocycles. The van der Waals surface area contributed by atoms with Crippen molar-refractivity contribution in [3.63, 3.8) is 0 Å². The zero-order valence-electron chi connectivity index (χ0n) is 10.3. The van der Waals surface area contributed by atoms with Crippen LogP contribution in [0, 0.1) is 0 Å². The lowest BCUT2D eigenvalue weighted by atomic mass is 10.1. The van der Waals surface area contributed by atoms with Gasteiger partial charge in [0.25, 0.3) is 0 Å². The summed E-state index contributed by atoms with van der Waals surface area (Å²) in [6, 6.07) is 17.1. The number of carboxylic acid groups (broad SMARTS) is 1. The number of allylic oxidation sites excluding steroid dienone is 1. The van der Waals surface area contributed by atoms with Gasteiger partial charge in [0.05, 0.1) is 0 Å². The number of aliphatic carboxylic acids is 1. The topological polar surface area (TPSA) is 46.5 Å². The van der Waals surface area contributed by atoms with Gasteiger partial charge in [-0.25, -0.2) is 4.79 Å². The average molecular weight is 254 g/mol. The van der Waals surface area contributed by atoms with Crippen LogP contribution in [0.25, 0.3) is 0 Å². The summed E-state index contributed by atoms with van der Waals surface area (Å²) in [5.74, 6) is 0.588. The third-order valence-electron chi connectivity index (χ3n) is 2.49. The molecule has 0 heterocycles. The maximum absolute atomic E-state index is 10.4. The number of rotatable bonds is 5. The number of benzene rings is 2. The van der Waals surface area contributed by atoms with Crippen LogP contribution in [0.2, 0.25) is 0 Å². The number of carbonyl (C=O) groups is 1. The Kier molecular flexibility index (Phi) is 4.34. The van der Waals surface area contributed by atoms with E-state index in [1.165, 1.54) is 0 Å². The van der Waals surface area contributed by atoms with Gasteiger partial charge < -0.3 is 9.84 Å². The first kappa shape index (κ1) is 12.9. The lowest BCUT2D eigenvalue weighted by Gasteiger charge is -2.06. The Morgan fingerprint density at radius 1 is 1.05 bits per heavy atom. The molecule has 2 rings (SSSR count). The molecular formula is C16H14O3. The van der Waals surface area contributed by atoms with E-state index in [0.717, 1.165) is 23.1 Å². The summed E-state index contributed by atoms with van der Waals surface area (Å²) in [6.07, 6.45) is 3.33. The minimum Gasteiger partial charge on any atom is -0.478 e. The smallest absolute Gasteiger partial charge is 0.327 e. The minimum absolute atomic E-state index is 0.568. The Bertz CT molecular complexity index is 574. The van der Waals surface area contributed by atoms with Crippen molar-refractivity contribution in [2.45, 2.75) is 6.42 Å². The molecule has 3 nitrogen and oxygen atoms in total. The molecule has 0 aromatic heterocycles. The molecule has 0 spiro atoms. The monoisotopic (exact) mass is 254 g/mol. The zero-order chi connectivity index (χ0) is 13.5. The molecule has 0 bridgehead atoms. The fourth-order valence-corrected chi connectivity index (χ4v) is 1.66. The Labute approximate surface area is 111 Å². The van der Waals surface area contributed by atoms with Crippen LogP contribution in [0.1, 0.15) is 5.56 Å². The lowest BCUT2D eigenvalue weighted by Crippen LogP contribution is -1.89. The summed E-state index contributed by atoms with van der Waals surface area (Å²) < 4.78 is 5.71. The summed E-state index contributed by atoms with van der Waals surface area (Å²) >= 11 is 0. The van der Waals surface area contributed by atoms with E-state index in [9.17, 15) is 4.79 Å². The van der Waals surface area contributed by atoms with Gasteiger partial charge in [0.2, 0.25) is 0 Å². The third-order valence-corrected chi connectivity index (χ3v) is 2.49. The minimum atomic E-state index is -0.934. The van der Waals surface area contributed by atoms with Crippen molar-refractivity contribution >= 4 is 5.97 Å². The second-order valence-electron chi connectivity index (χ2n) is 4.01. The molecule has 2 aromatic rings. The molecule has 1 N–H and O–H groups in total. The van der Waals surface area contributed by atoms with Gasteiger partial charge in [-0.3, -0.25) is 0 Å². The number of carboxylic acids is 1. The van der Waals surface area contributed by atoms with E-state index >= 15 is 0 Å². The third kappa shape index (κ3) is 4.32. The van der Waals surface area contributed by atoms with Gasteiger partial charge in [-0.1, -0.05) is 36.4 Å². The number of para-hydroxylation sites is 1. The van der Waals surface area contributed by atoms with Gasteiger partial charge >= 0.3 is 5.97 Å². The summed E-state index contributed by atoms with van der Waals surface area (Å²) in [7, 11) is 0. The highest BCUT2D eigenvalue weighted by Gasteiger charge is 1.98. The van der Waals surface area contributed by atoms with E-state index in [2.05, 4.69) is 0 Å². The van der Waals surface area contributed by atoms with Gasteiger partial charge in [-0.2, -0.15) is 0 Å². The predicted octanol–water partition coefficient (Wildman–Crippen LogP) is 3.66. The highest BCUT2D eigenvalue weighted by Crippen LogP contribution is 2.21. The molecule has 2 aromatic carbocycles. The van der Waals surface area contributed by atoms with Crippen LogP contribution in [-0.4, -0.2) is 11.1 Å². The molecule has 96 valence electrons. The zero-order valence-corrected chi connectivity index (χ0v) is 10.3. The molecule has 19 heavy (non-hydrogen) atoms. The van der Waals surface area contributed by atoms with Crippen LogP contribution in [0.5, 0.6) is 11.5 Å². The van der Waals surface area contributed by atoms with E-state index in [-0.39, 0.29) is 0 Å². The Hall–Kier alpha value is -2.55. The van der Waals surface area contributed by atoms with Gasteiger partial charge in [-0.05, 0) is 36.2 Å². The van der Waals surface area contributed by atoms with Crippen LogP contribution >= 0.6 is 0 Å². The second-order valence-corrected chi connectivity index (χ2v) is 4.01. The lowest BCUT2D eigenvalue weighted by molar-refractivity contribution is -0.131. The fraction of sp³-hybridized carbons (Fsp3) is 0.0625. The molecule has 0 saturated heterocycles. The Morgan fingerprint density at radius 3 is 2.53 bits per heavy atom. The van der Waals surface area contributed by atoms with Crippen molar-refractivity contribution in [3.05, 3.63) is 72.3 Å². The summed E-state index contributed by atoms with van der Waals surface area (Å²) in [6.45, 7) is 0. The van der Waals surface area contributed by atoms with Crippen molar-refractivity contribution in [3.8, 4) is 11.5 Å². The summed E-state index contributed by atoms with van der Waals surface area (Å²) in [4.78, 5) is 10.4. The van der Waals surface area contributed by atoms with E-state index in [4.69, 9.17) is 9.84 Å². The quantitative estimate of drug-likeness (QED) is 0.828. The van der Waals surface area contributed by atoms with E-state index in [0.29, 0.717) is 6.42 Å². The fourth-order valence-electron chi connectivity index (χ4n) is 1.66. The van der Waals surface area contributed by atoms with Crippen molar-refractivity contribution in [1.82, 2.24) is 0 Å². The highest BCUT2D eigenvalue weighted by molar-refractivity contribution is 5.79. The predicted molar refractivity (Wildman–Crippen MR) is 73.4 cm³/mol. The number of hydrogen-bond acceptors (Lipinski definition) is 2. The Balaban J connectivity index is 2.05. The van der Waals surface area contributed by atoms with Gasteiger partial charge in [0.1, 0.15) is 11.5 Å². The van der Waals surface area contributed by atoms with Gasteiger partial charge in [-0.15, -0.1) is 0 Å². The van der Waals surface area contributed by atoms with Gasteiger partial charge in [0, 0.05) is 6.08 Å². The molecule has 3 heteroatoms. The average Bonchev–Trinajstić information content (AvgIpc) is 2.40. The maximum atomic E-state index is 10.4. The van der Waals surface area contributed by atoms with Crippen molar-refractivity contribution in [2.75, 3.05) is 0 Å². The highest BCUT2D eigenvalue weighted by atomic mass is 16.5. The SMILES string of the molecule is O=C(O)C=CCc1cccc(Oc2ccccc2)c1. The first-order valence-corrected chi connectivity index (χ1v) is 5.95. The van der Waals surface area contributed by atoms with E-state index in [1.807, 2.05) is 54.6 Å². The standard InChI is InChI=1S/C16H14O3/c17-16(18)11-5-7-13-6-4-10-15(12-13)19-14-8-2-1-3-9-14/h1-6,8-12H,7H2,(H,17,18). The number of ether oxygens (including phenoxy) is 1. The molecule has 0 aliphatic rings. The van der Waals surface area contributed by atoms with Crippen molar-refractivity contribution < 1.29 is 14.6 Å². The molecule has 0 fully saturated rings. The second kappa shape index (κ2) is 6.40.